The van der Waals surface area contributed by atoms with Gasteiger partial charge in [0.25, 0.3) is 5.91 Å². The zero-order chi connectivity index (χ0) is 21.5. The third kappa shape index (κ3) is 5.85. The summed E-state index contributed by atoms with van der Waals surface area (Å²) in [6.45, 7) is 5.13. The maximum absolute atomic E-state index is 13.0. The predicted octanol–water partition coefficient (Wildman–Crippen LogP) is 4.52. The molecule has 1 aliphatic heterocycles. The van der Waals surface area contributed by atoms with Crippen LogP contribution >= 0.6 is 15.9 Å². The van der Waals surface area contributed by atoms with Gasteiger partial charge in [-0.25, -0.2) is 0 Å². The second-order valence-corrected chi connectivity index (χ2v) is 8.61. The molecule has 30 heavy (non-hydrogen) atoms. The third-order valence-electron chi connectivity index (χ3n) is 5.56. The molecule has 1 heterocycles. The quantitative estimate of drug-likeness (QED) is 0.644. The molecule has 2 atom stereocenters. The smallest absolute Gasteiger partial charge is 0.260 e. The molecule has 1 fully saturated rings. The standard InChI is InChI=1S/C24H29BrN2O3/c1-3-22(18-7-5-4-6-8-18)24(29)27-15-13-20(14-16-27)26-23(28)17(2)30-21-11-9-19(25)10-12-21/h4-12,17,20,22H,3,13-16H2,1-2H3,(H,26,28). The van der Waals surface area contributed by atoms with Gasteiger partial charge in [0.1, 0.15) is 5.75 Å². The first-order valence-corrected chi connectivity index (χ1v) is 11.3. The average molecular weight is 473 g/mol. The lowest BCUT2D eigenvalue weighted by molar-refractivity contribution is -0.134. The van der Waals surface area contributed by atoms with E-state index in [-0.39, 0.29) is 23.8 Å². The van der Waals surface area contributed by atoms with Crippen LogP contribution in [0.1, 0.15) is 44.6 Å². The number of carbonyl (C=O) groups excluding carboxylic acids is 2. The fourth-order valence-electron chi connectivity index (χ4n) is 3.79. The molecule has 0 saturated carbocycles. The molecule has 160 valence electrons. The van der Waals surface area contributed by atoms with E-state index in [1.54, 1.807) is 6.92 Å². The number of piperidine rings is 1. The average Bonchev–Trinajstić information content (AvgIpc) is 2.77. The summed E-state index contributed by atoms with van der Waals surface area (Å²) in [5.74, 6) is 0.614. The first-order chi connectivity index (χ1) is 14.5. The molecule has 0 aromatic heterocycles. The SMILES string of the molecule is CCC(C(=O)N1CCC(NC(=O)C(C)Oc2ccc(Br)cc2)CC1)c1ccccc1. The summed E-state index contributed by atoms with van der Waals surface area (Å²) in [5.41, 5.74) is 1.07. The molecule has 0 aliphatic carbocycles. The van der Waals surface area contributed by atoms with E-state index < -0.39 is 6.10 Å². The molecule has 2 aromatic rings. The van der Waals surface area contributed by atoms with E-state index in [1.165, 1.54) is 0 Å². The Kier molecular flexibility index (Phi) is 7.91. The number of amides is 2. The van der Waals surface area contributed by atoms with E-state index >= 15 is 0 Å². The van der Waals surface area contributed by atoms with Crippen LogP contribution in [0.25, 0.3) is 0 Å². The van der Waals surface area contributed by atoms with Crippen LogP contribution in [0.2, 0.25) is 0 Å². The van der Waals surface area contributed by atoms with Gasteiger partial charge in [-0.2, -0.15) is 0 Å². The van der Waals surface area contributed by atoms with Crippen molar-refractivity contribution in [2.75, 3.05) is 13.1 Å². The lowest BCUT2D eigenvalue weighted by Crippen LogP contribution is -2.50. The molecule has 0 bridgehead atoms. The highest BCUT2D eigenvalue weighted by Gasteiger charge is 2.29. The van der Waals surface area contributed by atoms with Crippen LogP contribution in [0.5, 0.6) is 5.75 Å². The van der Waals surface area contributed by atoms with Gasteiger partial charge in [-0.15, -0.1) is 0 Å². The van der Waals surface area contributed by atoms with Crippen molar-refractivity contribution in [1.82, 2.24) is 10.2 Å². The lowest BCUT2D eigenvalue weighted by Gasteiger charge is -2.35. The number of carbonyl (C=O) groups is 2. The van der Waals surface area contributed by atoms with Crippen LogP contribution in [0.15, 0.2) is 59.1 Å². The molecule has 3 rings (SSSR count). The van der Waals surface area contributed by atoms with Crippen molar-refractivity contribution >= 4 is 27.7 Å². The normalized spacial score (nSPS) is 16.6. The van der Waals surface area contributed by atoms with Gasteiger partial charge in [-0.1, -0.05) is 53.2 Å². The maximum atomic E-state index is 13.0. The zero-order valence-electron chi connectivity index (χ0n) is 17.5. The molecule has 2 amide bonds. The fraction of sp³-hybridized carbons (Fsp3) is 0.417. The van der Waals surface area contributed by atoms with E-state index in [4.69, 9.17) is 4.74 Å². The summed E-state index contributed by atoms with van der Waals surface area (Å²) in [6.07, 6.45) is 1.72. The minimum absolute atomic E-state index is 0.0642. The van der Waals surface area contributed by atoms with Gasteiger partial charge < -0.3 is 15.0 Å². The van der Waals surface area contributed by atoms with Gasteiger partial charge in [-0.05, 0) is 56.0 Å². The Hall–Kier alpha value is -2.34. The summed E-state index contributed by atoms with van der Waals surface area (Å²) >= 11 is 3.39. The highest BCUT2D eigenvalue weighted by molar-refractivity contribution is 9.10. The monoisotopic (exact) mass is 472 g/mol. The predicted molar refractivity (Wildman–Crippen MR) is 121 cm³/mol. The van der Waals surface area contributed by atoms with Crippen LogP contribution in [0.3, 0.4) is 0 Å². The Morgan fingerprint density at radius 3 is 2.33 bits per heavy atom. The van der Waals surface area contributed by atoms with E-state index in [0.717, 1.165) is 29.3 Å². The van der Waals surface area contributed by atoms with Gasteiger partial charge in [0.15, 0.2) is 6.10 Å². The second-order valence-electron chi connectivity index (χ2n) is 7.69. The molecular weight excluding hydrogens is 444 g/mol. The van der Waals surface area contributed by atoms with Crippen LogP contribution in [0.4, 0.5) is 0 Å². The number of halogens is 1. The maximum Gasteiger partial charge on any atom is 0.260 e. The molecule has 2 unspecified atom stereocenters. The molecule has 6 heteroatoms. The minimum Gasteiger partial charge on any atom is -0.481 e. The van der Waals surface area contributed by atoms with Gasteiger partial charge in [0, 0.05) is 23.6 Å². The minimum atomic E-state index is -0.576. The number of ether oxygens (including phenoxy) is 1. The Morgan fingerprint density at radius 1 is 1.10 bits per heavy atom. The van der Waals surface area contributed by atoms with Gasteiger partial charge >= 0.3 is 0 Å². The Balaban J connectivity index is 1.48. The molecular formula is C24H29BrN2O3. The van der Waals surface area contributed by atoms with Crippen molar-refractivity contribution < 1.29 is 14.3 Å². The van der Waals surface area contributed by atoms with E-state index in [0.29, 0.717) is 18.8 Å². The molecule has 0 spiro atoms. The zero-order valence-corrected chi connectivity index (χ0v) is 19.1. The molecule has 1 N–H and O–H groups in total. The number of rotatable bonds is 7. The van der Waals surface area contributed by atoms with Crippen LogP contribution < -0.4 is 10.1 Å². The van der Waals surface area contributed by atoms with Crippen LogP contribution in [-0.2, 0) is 9.59 Å². The number of likely N-dealkylation sites (tertiary alicyclic amines) is 1. The van der Waals surface area contributed by atoms with Gasteiger partial charge in [0.05, 0.1) is 5.92 Å². The Morgan fingerprint density at radius 2 is 1.73 bits per heavy atom. The van der Waals surface area contributed by atoms with Crippen LogP contribution in [-0.4, -0.2) is 41.9 Å². The summed E-state index contributed by atoms with van der Waals surface area (Å²) in [4.78, 5) is 27.5. The highest BCUT2D eigenvalue weighted by Crippen LogP contribution is 2.24. The van der Waals surface area contributed by atoms with Crippen molar-refractivity contribution in [3.63, 3.8) is 0 Å². The topological polar surface area (TPSA) is 58.6 Å². The van der Waals surface area contributed by atoms with Crippen molar-refractivity contribution in [3.05, 3.63) is 64.6 Å². The number of nitrogens with zero attached hydrogens (tertiary/aromatic N) is 1. The Bertz CT molecular complexity index is 833. The number of hydrogen-bond acceptors (Lipinski definition) is 3. The highest BCUT2D eigenvalue weighted by atomic mass is 79.9. The van der Waals surface area contributed by atoms with Crippen molar-refractivity contribution in [2.24, 2.45) is 0 Å². The van der Waals surface area contributed by atoms with E-state index in [9.17, 15) is 9.59 Å². The van der Waals surface area contributed by atoms with Crippen molar-refractivity contribution in [3.8, 4) is 5.75 Å². The van der Waals surface area contributed by atoms with Crippen LogP contribution in [0, 0.1) is 0 Å². The summed E-state index contributed by atoms with van der Waals surface area (Å²) in [6, 6.07) is 17.4. The van der Waals surface area contributed by atoms with E-state index in [1.807, 2.05) is 59.5 Å². The summed E-state index contributed by atoms with van der Waals surface area (Å²) in [5, 5.41) is 3.07. The Labute approximate surface area is 186 Å². The van der Waals surface area contributed by atoms with Gasteiger partial charge in [-0.3, -0.25) is 9.59 Å². The molecule has 2 aromatic carbocycles. The van der Waals surface area contributed by atoms with Crippen molar-refractivity contribution in [1.29, 1.82) is 0 Å². The fourth-order valence-corrected chi connectivity index (χ4v) is 4.06. The number of benzene rings is 2. The molecule has 1 aliphatic rings. The molecule has 5 nitrogen and oxygen atoms in total. The van der Waals surface area contributed by atoms with Gasteiger partial charge in [0.2, 0.25) is 5.91 Å². The second kappa shape index (κ2) is 10.6. The summed E-state index contributed by atoms with van der Waals surface area (Å²) < 4.78 is 6.69. The first kappa shape index (κ1) is 22.3. The lowest BCUT2D eigenvalue weighted by atomic mass is 9.93. The van der Waals surface area contributed by atoms with Crippen molar-refractivity contribution in [2.45, 2.75) is 51.2 Å². The largest absolute Gasteiger partial charge is 0.481 e. The number of nitrogens with one attached hydrogen (secondary N) is 1. The summed E-state index contributed by atoms with van der Waals surface area (Å²) in [7, 11) is 0. The number of hydrogen-bond donors (Lipinski definition) is 1. The molecule has 1 saturated heterocycles. The first-order valence-electron chi connectivity index (χ1n) is 10.5. The van der Waals surface area contributed by atoms with E-state index in [2.05, 4.69) is 28.2 Å². The third-order valence-corrected chi connectivity index (χ3v) is 6.09. The molecule has 0 radical (unpaired) electrons.